The van der Waals surface area contributed by atoms with Crippen LogP contribution >= 0.6 is 0 Å². The quantitative estimate of drug-likeness (QED) is 0.891. The van der Waals surface area contributed by atoms with Gasteiger partial charge in [0.15, 0.2) is 0 Å². The van der Waals surface area contributed by atoms with E-state index in [1.807, 2.05) is 24.8 Å². The molecule has 22 heavy (non-hydrogen) atoms. The molecule has 0 bridgehead atoms. The molecule has 2 aromatic heterocycles. The lowest BCUT2D eigenvalue weighted by molar-refractivity contribution is -0.0283. The molecule has 0 radical (unpaired) electrons. The third kappa shape index (κ3) is 3.36. The highest BCUT2D eigenvalue weighted by atomic mass is 16.5. The molecule has 118 valence electrons. The summed E-state index contributed by atoms with van der Waals surface area (Å²) in [6.07, 6.45) is 10.1. The van der Waals surface area contributed by atoms with Crippen LogP contribution in [-0.2, 0) is 4.74 Å². The van der Waals surface area contributed by atoms with Crippen LogP contribution in [0.15, 0.2) is 30.9 Å². The minimum atomic E-state index is 0.141. The predicted molar refractivity (Wildman–Crippen MR) is 85.4 cm³/mol. The number of aromatic nitrogens is 3. The van der Waals surface area contributed by atoms with Crippen molar-refractivity contribution >= 4 is 0 Å². The second-order valence-corrected chi connectivity index (χ2v) is 6.09. The Balaban J connectivity index is 1.63. The maximum atomic E-state index is 5.98. The normalized spacial score (nSPS) is 23.4. The van der Waals surface area contributed by atoms with Crippen LogP contribution < -0.4 is 5.32 Å². The number of nitrogens with zero attached hydrogens (tertiary/aromatic N) is 2. The second-order valence-electron chi connectivity index (χ2n) is 6.09. The fraction of sp³-hybridized carbons (Fsp3) is 0.529. The molecule has 0 amide bonds. The average molecular weight is 300 g/mol. The van der Waals surface area contributed by atoms with Gasteiger partial charge in [0.1, 0.15) is 0 Å². The average Bonchev–Trinajstić information content (AvgIpc) is 3.07. The van der Waals surface area contributed by atoms with E-state index in [4.69, 9.17) is 4.74 Å². The number of ether oxygens (including phenoxy) is 1. The third-order valence-corrected chi connectivity index (χ3v) is 4.53. The Bertz CT molecular complexity index is 584. The molecule has 2 N–H and O–H groups in total. The van der Waals surface area contributed by atoms with Crippen LogP contribution in [0.25, 0.3) is 0 Å². The lowest BCUT2D eigenvalue weighted by Crippen LogP contribution is -2.33. The predicted octanol–water partition coefficient (Wildman–Crippen LogP) is 2.93. The molecule has 5 nitrogen and oxygen atoms in total. The van der Waals surface area contributed by atoms with Crippen LogP contribution in [0.1, 0.15) is 48.6 Å². The summed E-state index contributed by atoms with van der Waals surface area (Å²) >= 11 is 0. The van der Waals surface area contributed by atoms with E-state index < -0.39 is 0 Å². The van der Waals surface area contributed by atoms with Crippen LogP contribution in [0, 0.1) is 12.8 Å². The first-order valence-electron chi connectivity index (χ1n) is 8.00. The van der Waals surface area contributed by atoms with Crippen molar-refractivity contribution in [3.8, 4) is 0 Å². The van der Waals surface area contributed by atoms with E-state index in [1.165, 1.54) is 17.5 Å². The Kier molecular flexibility index (Phi) is 4.85. The standard InChI is InChI=1S/C17H24N4O/c1-12-5-6-18-11-16(12)13(2)19-8-14-4-3-7-22-17(14)15-9-20-21-10-15/h5-6,9-11,13-14,17,19H,3-4,7-8H2,1-2H3,(H,20,21)/t13?,14-,17+/m0/s1. The van der Waals surface area contributed by atoms with Crippen LogP contribution in [0.5, 0.6) is 0 Å². The number of rotatable bonds is 5. The number of pyridine rings is 1. The Morgan fingerprint density at radius 2 is 2.36 bits per heavy atom. The van der Waals surface area contributed by atoms with Gasteiger partial charge in [-0.15, -0.1) is 0 Å². The van der Waals surface area contributed by atoms with Gasteiger partial charge in [-0.3, -0.25) is 10.1 Å². The van der Waals surface area contributed by atoms with Crippen LogP contribution in [0.4, 0.5) is 0 Å². The highest BCUT2D eigenvalue weighted by Gasteiger charge is 2.28. The molecule has 0 saturated carbocycles. The van der Waals surface area contributed by atoms with E-state index >= 15 is 0 Å². The van der Waals surface area contributed by atoms with E-state index in [0.717, 1.165) is 25.1 Å². The van der Waals surface area contributed by atoms with Crippen molar-refractivity contribution in [3.05, 3.63) is 47.5 Å². The summed E-state index contributed by atoms with van der Waals surface area (Å²) in [5.74, 6) is 0.478. The van der Waals surface area contributed by atoms with Gasteiger partial charge in [-0.2, -0.15) is 5.10 Å². The molecule has 0 spiro atoms. The summed E-state index contributed by atoms with van der Waals surface area (Å²) in [5, 5.41) is 10.6. The molecule has 3 rings (SSSR count). The van der Waals surface area contributed by atoms with Crippen molar-refractivity contribution in [1.82, 2.24) is 20.5 Å². The molecule has 5 heteroatoms. The van der Waals surface area contributed by atoms with E-state index in [1.54, 1.807) is 0 Å². The molecule has 1 aliphatic rings. The molecule has 1 aliphatic heterocycles. The number of aromatic amines is 1. The second kappa shape index (κ2) is 7.03. The Morgan fingerprint density at radius 3 is 3.14 bits per heavy atom. The number of aryl methyl sites for hydroxylation is 1. The molecule has 1 unspecified atom stereocenters. The summed E-state index contributed by atoms with van der Waals surface area (Å²) in [5.41, 5.74) is 3.69. The van der Waals surface area contributed by atoms with Gasteiger partial charge in [0, 0.05) is 49.3 Å². The van der Waals surface area contributed by atoms with Crippen molar-refractivity contribution in [2.24, 2.45) is 5.92 Å². The van der Waals surface area contributed by atoms with Gasteiger partial charge in [0.25, 0.3) is 0 Å². The van der Waals surface area contributed by atoms with Crippen LogP contribution in [0.3, 0.4) is 0 Å². The van der Waals surface area contributed by atoms with Crippen LogP contribution in [-0.4, -0.2) is 28.3 Å². The van der Waals surface area contributed by atoms with E-state index in [-0.39, 0.29) is 6.10 Å². The first-order chi connectivity index (χ1) is 10.8. The zero-order valence-corrected chi connectivity index (χ0v) is 13.2. The molecule has 1 fully saturated rings. The van der Waals surface area contributed by atoms with Crippen LogP contribution in [0.2, 0.25) is 0 Å². The van der Waals surface area contributed by atoms with Gasteiger partial charge in [-0.1, -0.05) is 0 Å². The van der Waals surface area contributed by atoms with Crippen molar-refractivity contribution < 1.29 is 4.74 Å². The fourth-order valence-corrected chi connectivity index (χ4v) is 3.20. The Labute approximate surface area is 131 Å². The molecular weight excluding hydrogens is 276 g/mol. The van der Waals surface area contributed by atoms with Gasteiger partial charge in [0.2, 0.25) is 0 Å². The zero-order chi connectivity index (χ0) is 15.4. The monoisotopic (exact) mass is 300 g/mol. The molecule has 1 saturated heterocycles. The molecule has 0 aliphatic carbocycles. The lowest BCUT2D eigenvalue weighted by atomic mass is 9.90. The molecular formula is C17H24N4O. The smallest absolute Gasteiger partial charge is 0.0895 e. The zero-order valence-electron chi connectivity index (χ0n) is 13.2. The third-order valence-electron chi connectivity index (χ3n) is 4.53. The van der Waals surface area contributed by atoms with Crippen molar-refractivity contribution in [3.63, 3.8) is 0 Å². The van der Waals surface area contributed by atoms with Gasteiger partial charge in [-0.25, -0.2) is 0 Å². The van der Waals surface area contributed by atoms with E-state index in [2.05, 4.69) is 40.4 Å². The topological polar surface area (TPSA) is 62.8 Å². The Hall–Kier alpha value is -1.72. The van der Waals surface area contributed by atoms with Crippen molar-refractivity contribution in [2.45, 2.75) is 38.8 Å². The summed E-state index contributed by atoms with van der Waals surface area (Å²) in [7, 11) is 0. The lowest BCUT2D eigenvalue weighted by Gasteiger charge is -2.32. The summed E-state index contributed by atoms with van der Waals surface area (Å²) in [6.45, 7) is 6.10. The van der Waals surface area contributed by atoms with Crippen molar-refractivity contribution in [2.75, 3.05) is 13.2 Å². The fourth-order valence-electron chi connectivity index (χ4n) is 3.20. The minimum Gasteiger partial charge on any atom is -0.373 e. The van der Waals surface area contributed by atoms with E-state index in [0.29, 0.717) is 12.0 Å². The molecule has 3 atom stereocenters. The van der Waals surface area contributed by atoms with Gasteiger partial charge in [0.05, 0.1) is 12.3 Å². The Morgan fingerprint density at radius 1 is 1.45 bits per heavy atom. The highest BCUT2D eigenvalue weighted by molar-refractivity contribution is 5.24. The maximum Gasteiger partial charge on any atom is 0.0895 e. The number of hydrogen-bond acceptors (Lipinski definition) is 4. The maximum absolute atomic E-state index is 5.98. The highest BCUT2D eigenvalue weighted by Crippen LogP contribution is 2.33. The van der Waals surface area contributed by atoms with Gasteiger partial charge >= 0.3 is 0 Å². The number of H-pyrrole nitrogens is 1. The first-order valence-corrected chi connectivity index (χ1v) is 8.00. The minimum absolute atomic E-state index is 0.141. The molecule has 0 aromatic carbocycles. The van der Waals surface area contributed by atoms with Crippen molar-refractivity contribution in [1.29, 1.82) is 0 Å². The molecule has 3 heterocycles. The summed E-state index contributed by atoms with van der Waals surface area (Å²) < 4.78 is 5.98. The van der Waals surface area contributed by atoms with Gasteiger partial charge < -0.3 is 10.1 Å². The summed E-state index contributed by atoms with van der Waals surface area (Å²) in [4.78, 5) is 4.24. The SMILES string of the molecule is Cc1ccncc1C(C)NC[C@@H]1CCCO[C@H]1c1cn[nH]c1. The molecule has 2 aromatic rings. The number of hydrogen-bond donors (Lipinski definition) is 2. The largest absolute Gasteiger partial charge is 0.373 e. The summed E-state index contributed by atoms with van der Waals surface area (Å²) in [6, 6.07) is 2.35. The van der Waals surface area contributed by atoms with E-state index in [9.17, 15) is 0 Å². The number of nitrogens with one attached hydrogen (secondary N) is 2. The first kappa shape index (κ1) is 15.2. The van der Waals surface area contributed by atoms with Gasteiger partial charge in [-0.05, 0) is 43.9 Å².